The standard InChI is InChI=1S/C9H10O3S/c1-9(5-12-9)7-4-3-6(13-7)8(10)11-2/h3-4H,5H2,1-2H3. The van der Waals surface area contributed by atoms with Crippen LogP contribution in [0, 0.1) is 0 Å². The van der Waals surface area contributed by atoms with Gasteiger partial charge < -0.3 is 9.47 Å². The van der Waals surface area contributed by atoms with Crippen LogP contribution in [0.2, 0.25) is 0 Å². The second-order valence-electron chi connectivity index (χ2n) is 3.18. The first kappa shape index (κ1) is 8.72. The molecule has 0 aromatic carbocycles. The van der Waals surface area contributed by atoms with Crippen LogP contribution in [0.3, 0.4) is 0 Å². The molecular formula is C9H10O3S. The maximum absolute atomic E-state index is 11.1. The number of epoxide rings is 1. The minimum Gasteiger partial charge on any atom is -0.465 e. The van der Waals surface area contributed by atoms with E-state index in [9.17, 15) is 4.79 Å². The van der Waals surface area contributed by atoms with Gasteiger partial charge >= 0.3 is 5.97 Å². The summed E-state index contributed by atoms with van der Waals surface area (Å²) in [7, 11) is 1.39. The third-order valence-corrected chi connectivity index (χ3v) is 3.40. The van der Waals surface area contributed by atoms with Gasteiger partial charge in [-0.1, -0.05) is 0 Å². The normalized spacial score (nSPS) is 25.7. The molecule has 0 radical (unpaired) electrons. The van der Waals surface area contributed by atoms with Gasteiger partial charge in [-0.2, -0.15) is 0 Å². The maximum Gasteiger partial charge on any atom is 0.348 e. The molecule has 4 heteroatoms. The summed E-state index contributed by atoms with van der Waals surface area (Å²) in [4.78, 5) is 12.8. The maximum atomic E-state index is 11.1. The Morgan fingerprint density at radius 1 is 1.69 bits per heavy atom. The summed E-state index contributed by atoms with van der Waals surface area (Å²) in [6, 6.07) is 3.70. The molecule has 1 aromatic rings. The molecule has 2 heterocycles. The molecule has 1 atom stereocenters. The van der Waals surface area contributed by atoms with Crippen LogP contribution in [0.4, 0.5) is 0 Å². The van der Waals surface area contributed by atoms with Gasteiger partial charge in [0.25, 0.3) is 0 Å². The average molecular weight is 198 g/mol. The van der Waals surface area contributed by atoms with E-state index in [1.807, 2.05) is 13.0 Å². The van der Waals surface area contributed by atoms with Crippen molar-refractivity contribution in [1.82, 2.24) is 0 Å². The van der Waals surface area contributed by atoms with Gasteiger partial charge in [0.2, 0.25) is 0 Å². The van der Waals surface area contributed by atoms with Gasteiger partial charge in [-0.05, 0) is 19.1 Å². The van der Waals surface area contributed by atoms with Gasteiger partial charge in [-0.15, -0.1) is 11.3 Å². The summed E-state index contributed by atoms with van der Waals surface area (Å²) in [5.41, 5.74) is -0.142. The lowest BCUT2D eigenvalue weighted by atomic mass is 10.2. The smallest absolute Gasteiger partial charge is 0.348 e. The molecule has 1 fully saturated rings. The Labute approximate surface area is 80.3 Å². The molecule has 0 bridgehead atoms. The van der Waals surface area contributed by atoms with Gasteiger partial charge in [0, 0.05) is 4.88 Å². The Morgan fingerprint density at radius 2 is 2.38 bits per heavy atom. The molecule has 1 saturated heterocycles. The van der Waals surface area contributed by atoms with Crippen LogP contribution in [0.15, 0.2) is 12.1 Å². The third kappa shape index (κ3) is 1.47. The van der Waals surface area contributed by atoms with Gasteiger partial charge in [0.05, 0.1) is 13.7 Å². The summed E-state index contributed by atoms with van der Waals surface area (Å²) < 4.78 is 9.88. The summed E-state index contributed by atoms with van der Waals surface area (Å²) in [5, 5.41) is 0. The highest BCUT2D eigenvalue weighted by Crippen LogP contribution is 2.41. The zero-order valence-corrected chi connectivity index (χ0v) is 8.31. The number of thiophene rings is 1. The Hall–Kier alpha value is -0.870. The van der Waals surface area contributed by atoms with Crippen LogP contribution in [-0.2, 0) is 15.1 Å². The first-order valence-corrected chi connectivity index (χ1v) is 4.80. The molecule has 3 nitrogen and oxygen atoms in total. The van der Waals surface area contributed by atoms with E-state index >= 15 is 0 Å². The minimum atomic E-state index is -0.277. The molecule has 0 amide bonds. The zero-order valence-electron chi connectivity index (χ0n) is 7.49. The molecule has 2 rings (SSSR count). The van der Waals surface area contributed by atoms with Crippen LogP contribution >= 0.6 is 11.3 Å². The van der Waals surface area contributed by atoms with E-state index in [-0.39, 0.29) is 11.6 Å². The van der Waals surface area contributed by atoms with E-state index in [1.165, 1.54) is 18.4 Å². The zero-order chi connectivity index (χ0) is 9.47. The van der Waals surface area contributed by atoms with E-state index < -0.39 is 0 Å². The highest BCUT2D eigenvalue weighted by molar-refractivity contribution is 7.14. The van der Waals surface area contributed by atoms with Gasteiger partial charge in [0.1, 0.15) is 10.5 Å². The molecule has 0 saturated carbocycles. The quantitative estimate of drug-likeness (QED) is 0.537. The summed E-state index contributed by atoms with van der Waals surface area (Å²) in [5.74, 6) is -0.277. The highest BCUT2D eigenvalue weighted by atomic mass is 32.1. The summed E-state index contributed by atoms with van der Waals surface area (Å²) in [6.45, 7) is 2.76. The number of hydrogen-bond donors (Lipinski definition) is 0. The SMILES string of the molecule is COC(=O)c1ccc(C2(C)CO2)s1. The Kier molecular flexibility index (Phi) is 1.89. The predicted molar refractivity (Wildman–Crippen MR) is 49.0 cm³/mol. The lowest BCUT2D eigenvalue weighted by Gasteiger charge is -1.98. The molecule has 1 aromatic heterocycles. The number of esters is 1. The fraction of sp³-hybridized carbons (Fsp3) is 0.444. The Balaban J connectivity index is 2.23. The highest BCUT2D eigenvalue weighted by Gasteiger charge is 2.42. The van der Waals surface area contributed by atoms with Gasteiger partial charge in [-0.3, -0.25) is 0 Å². The Bertz CT molecular complexity index is 338. The largest absolute Gasteiger partial charge is 0.465 e. The second-order valence-corrected chi connectivity index (χ2v) is 4.26. The van der Waals surface area contributed by atoms with Crippen molar-refractivity contribution in [3.8, 4) is 0 Å². The lowest BCUT2D eigenvalue weighted by molar-refractivity contribution is 0.0606. The third-order valence-electron chi connectivity index (χ3n) is 2.09. The van der Waals surface area contributed by atoms with Gasteiger partial charge in [-0.25, -0.2) is 4.79 Å². The predicted octanol–water partition coefficient (Wildman–Crippen LogP) is 1.78. The van der Waals surface area contributed by atoms with Crippen molar-refractivity contribution < 1.29 is 14.3 Å². The fourth-order valence-corrected chi connectivity index (χ4v) is 2.09. The van der Waals surface area contributed by atoms with Crippen LogP contribution in [-0.4, -0.2) is 19.7 Å². The van der Waals surface area contributed by atoms with Crippen molar-refractivity contribution in [2.24, 2.45) is 0 Å². The topological polar surface area (TPSA) is 38.8 Å². The van der Waals surface area contributed by atoms with Crippen molar-refractivity contribution in [2.45, 2.75) is 12.5 Å². The lowest BCUT2D eigenvalue weighted by Crippen LogP contribution is -1.98. The first-order valence-electron chi connectivity index (χ1n) is 3.98. The number of rotatable bonds is 2. The molecule has 70 valence electrons. The second kappa shape index (κ2) is 2.82. The molecule has 1 aliphatic heterocycles. The number of hydrogen-bond acceptors (Lipinski definition) is 4. The molecule has 13 heavy (non-hydrogen) atoms. The van der Waals surface area contributed by atoms with E-state index in [0.29, 0.717) is 4.88 Å². The van der Waals surface area contributed by atoms with E-state index in [0.717, 1.165) is 11.5 Å². The first-order chi connectivity index (χ1) is 6.15. The van der Waals surface area contributed by atoms with Crippen molar-refractivity contribution in [3.05, 3.63) is 21.9 Å². The van der Waals surface area contributed by atoms with Crippen molar-refractivity contribution >= 4 is 17.3 Å². The van der Waals surface area contributed by atoms with E-state index in [1.54, 1.807) is 6.07 Å². The van der Waals surface area contributed by atoms with Crippen LogP contribution < -0.4 is 0 Å². The number of carbonyl (C=O) groups excluding carboxylic acids is 1. The van der Waals surface area contributed by atoms with Gasteiger partial charge in [0.15, 0.2) is 0 Å². The van der Waals surface area contributed by atoms with Crippen LogP contribution in [0.1, 0.15) is 21.5 Å². The van der Waals surface area contributed by atoms with E-state index in [2.05, 4.69) is 4.74 Å². The van der Waals surface area contributed by atoms with Crippen molar-refractivity contribution in [2.75, 3.05) is 13.7 Å². The van der Waals surface area contributed by atoms with Crippen LogP contribution in [0.5, 0.6) is 0 Å². The summed E-state index contributed by atoms with van der Waals surface area (Å²) in [6.07, 6.45) is 0. The molecular weight excluding hydrogens is 188 g/mol. The van der Waals surface area contributed by atoms with E-state index in [4.69, 9.17) is 4.74 Å². The average Bonchev–Trinajstić information content (AvgIpc) is 2.72. The van der Waals surface area contributed by atoms with Crippen molar-refractivity contribution in [3.63, 3.8) is 0 Å². The van der Waals surface area contributed by atoms with Crippen LogP contribution in [0.25, 0.3) is 0 Å². The molecule has 1 aliphatic rings. The minimum absolute atomic E-state index is 0.142. The summed E-state index contributed by atoms with van der Waals surface area (Å²) >= 11 is 1.44. The number of methoxy groups -OCH3 is 1. The monoisotopic (exact) mass is 198 g/mol. The fourth-order valence-electron chi connectivity index (χ4n) is 1.08. The molecule has 0 spiro atoms. The molecule has 0 aliphatic carbocycles. The number of carbonyl (C=O) groups is 1. The molecule has 1 unspecified atom stereocenters. The molecule has 0 N–H and O–H groups in total. The Morgan fingerprint density at radius 3 is 2.92 bits per heavy atom. The van der Waals surface area contributed by atoms with Crippen molar-refractivity contribution in [1.29, 1.82) is 0 Å². The number of ether oxygens (including phenoxy) is 2.